The van der Waals surface area contributed by atoms with Gasteiger partial charge in [-0.1, -0.05) is 31.8 Å². The van der Waals surface area contributed by atoms with E-state index in [4.69, 9.17) is 0 Å². The lowest BCUT2D eigenvalue weighted by Crippen LogP contribution is -2.41. The highest BCUT2D eigenvalue weighted by Gasteiger charge is 2.24. The normalized spacial score (nSPS) is 19.9. The van der Waals surface area contributed by atoms with Gasteiger partial charge in [0.05, 0.1) is 5.69 Å². The summed E-state index contributed by atoms with van der Waals surface area (Å²) in [4.78, 5) is 11.9. The monoisotopic (exact) mass is 370 g/mol. The Labute approximate surface area is 165 Å². The molecule has 0 spiro atoms. The molecule has 0 radical (unpaired) electrons. The minimum Gasteiger partial charge on any atom is -0.367 e. The van der Waals surface area contributed by atoms with E-state index in [1.807, 2.05) is 0 Å². The van der Waals surface area contributed by atoms with E-state index in [0.29, 0.717) is 6.04 Å². The summed E-state index contributed by atoms with van der Waals surface area (Å²) in [5.74, 6) is 1.98. The summed E-state index contributed by atoms with van der Waals surface area (Å²) in [6, 6.07) is 0.524. The van der Waals surface area contributed by atoms with Gasteiger partial charge in [0, 0.05) is 31.2 Å². The van der Waals surface area contributed by atoms with Crippen molar-refractivity contribution in [3.05, 3.63) is 23.2 Å². The maximum absolute atomic E-state index is 4.63. The number of aryl methyl sites for hydroxylation is 1. The molecular weight excluding hydrogens is 332 g/mol. The Kier molecular flexibility index (Phi) is 7.28. The molecule has 2 aliphatic rings. The number of likely N-dealkylation sites (tertiary alicyclic amines) is 1. The quantitative estimate of drug-likeness (QED) is 0.737. The molecule has 0 atom stereocenters. The van der Waals surface area contributed by atoms with E-state index in [1.54, 1.807) is 6.33 Å². The van der Waals surface area contributed by atoms with E-state index in [2.05, 4.69) is 47.9 Å². The van der Waals surface area contributed by atoms with Crippen LogP contribution in [-0.4, -0.2) is 40.5 Å². The molecule has 0 aromatic carbocycles. The van der Waals surface area contributed by atoms with Gasteiger partial charge in [0.2, 0.25) is 0 Å². The zero-order chi connectivity index (χ0) is 19.2. The van der Waals surface area contributed by atoms with Crippen LogP contribution in [0.4, 0.5) is 5.82 Å². The molecule has 0 unspecified atom stereocenters. The fourth-order valence-electron chi connectivity index (χ4n) is 4.63. The van der Waals surface area contributed by atoms with Crippen LogP contribution in [0.1, 0.15) is 83.9 Å². The molecule has 27 heavy (non-hydrogen) atoms. The second-order valence-corrected chi connectivity index (χ2v) is 8.75. The third kappa shape index (κ3) is 5.31. The first-order valence-corrected chi connectivity index (χ1v) is 11.1. The van der Waals surface area contributed by atoms with Gasteiger partial charge in [0.25, 0.3) is 0 Å². The minimum absolute atomic E-state index is 0.524. The topological polar surface area (TPSA) is 41.1 Å². The summed E-state index contributed by atoms with van der Waals surface area (Å²) in [6.45, 7) is 12.5. The molecule has 150 valence electrons. The highest BCUT2D eigenvalue weighted by molar-refractivity contribution is 5.76. The molecule has 0 amide bonds. The first kappa shape index (κ1) is 20.3. The number of aromatic nitrogens is 2. The fourth-order valence-corrected chi connectivity index (χ4v) is 4.63. The molecule has 1 saturated carbocycles. The maximum atomic E-state index is 4.63. The number of hydrogen-bond acceptors (Lipinski definition) is 4. The molecule has 1 aromatic heterocycles. The highest BCUT2D eigenvalue weighted by Crippen LogP contribution is 2.29. The smallest absolute Gasteiger partial charge is 0.137 e. The van der Waals surface area contributed by atoms with Crippen molar-refractivity contribution >= 4 is 11.4 Å². The Bertz CT molecular complexity index is 634. The lowest BCUT2D eigenvalue weighted by atomic mass is 9.88. The summed E-state index contributed by atoms with van der Waals surface area (Å²) in [6.07, 6.45) is 12.3. The Morgan fingerprint density at radius 1 is 1.04 bits per heavy atom. The molecule has 4 nitrogen and oxygen atoms in total. The molecule has 1 aliphatic heterocycles. The van der Waals surface area contributed by atoms with Gasteiger partial charge in [0.1, 0.15) is 12.1 Å². The molecule has 1 aliphatic carbocycles. The van der Waals surface area contributed by atoms with E-state index in [9.17, 15) is 0 Å². The molecular formula is C23H38N4. The van der Waals surface area contributed by atoms with Gasteiger partial charge >= 0.3 is 0 Å². The summed E-state index contributed by atoms with van der Waals surface area (Å²) in [7, 11) is 0. The minimum atomic E-state index is 0.524. The van der Waals surface area contributed by atoms with Crippen LogP contribution in [0.15, 0.2) is 11.9 Å². The third-order valence-electron chi connectivity index (χ3n) is 6.56. The summed E-state index contributed by atoms with van der Waals surface area (Å²) in [5.41, 5.74) is 5.03. The molecule has 4 heteroatoms. The average molecular weight is 371 g/mol. The van der Waals surface area contributed by atoms with E-state index >= 15 is 0 Å². The van der Waals surface area contributed by atoms with Crippen LogP contribution in [0.25, 0.3) is 5.57 Å². The predicted molar refractivity (Wildman–Crippen MR) is 115 cm³/mol. The summed E-state index contributed by atoms with van der Waals surface area (Å²) < 4.78 is 0. The zero-order valence-electron chi connectivity index (χ0n) is 17.9. The van der Waals surface area contributed by atoms with Gasteiger partial charge < -0.3 is 10.2 Å². The predicted octanol–water partition coefficient (Wildman–Crippen LogP) is 5.31. The van der Waals surface area contributed by atoms with Crippen molar-refractivity contribution in [2.45, 2.75) is 85.1 Å². The van der Waals surface area contributed by atoms with Gasteiger partial charge in [-0.05, 0) is 64.4 Å². The van der Waals surface area contributed by atoms with Crippen LogP contribution in [0, 0.1) is 5.92 Å². The molecule has 2 heterocycles. The molecule has 1 N–H and O–H groups in total. The lowest BCUT2D eigenvalue weighted by Gasteiger charge is -2.36. The van der Waals surface area contributed by atoms with Gasteiger partial charge in [-0.15, -0.1) is 0 Å². The fraction of sp³-hybridized carbons (Fsp3) is 0.739. The van der Waals surface area contributed by atoms with Crippen molar-refractivity contribution in [3.63, 3.8) is 0 Å². The van der Waals surface area contributed by atoms with E-state index < -0.39 is 0 Å². The standard InChI is InChI=1S/C23H38N4/c1-5-21-22(18(4)17(2)3)23(25-16-24-21)26-20-11-13-27(14-12-20)15-19-9-7-6-8-10-19/h16,19-20H,5-15H2,1-4H3,(H,24,25,26). The number of nitrogens with zero attached hydrogens (tertiary/aromatic N) is 3. The molecule has 0 bridgehead atoms. The SMILES string of the molecule is CCc1ncnc(NC2CCN(CC3CCCCC3)CC2)c1C(C)=C(C)C. The van der Waals surface area contributed by atoms with Gasteiger partial charge in [-0.2, -0.15) is 0 Å². The number of hydrogen-bond donors (Lipinski definition) is 1. The largest absolute Gasteiger partial charge is 0.367 e. The van der Waals surface area contributed by atoms with Crippen LogP contribution in [-0.2, 0) is 6.42 Å². The van der Waals surface area contributed by atoms with Gasteiger partial charge in [0.15, 0.2) is 0 Å². The van der Waals surface area contributed by atoms with Crippen molar-refractivity contribution in [2.24, 2.45) is 5.92 Å². The second kappa shape index (κ2) is 9.68. The third-order valence-corrected chi connectivity index (χ3v) is 6.56. The van der Waals surface area contributed by atoms with Crippen LogP contribution < -0.4 is 5.32 Å². The van der Waals surface area contributed by atoms with Crippen molar-refractivity contribution in [3.8, 4) is 0 Å². The van der Waals surface area contributed by atoms with E-state index in [1.165, 1.54) is 81.3 Å². The van der Waals surface area contributed by atoms with Crippen molar-refractivity contribution in [1.82, 2.24) is 14.9 Å². The second-order valence-electron chi connectivity index (χ2n) is 8.75. The zero-order valence-corrected chi connectivity index (χ0v) is 17.9. The number of allylic oxidation sites excluding steroid dienone is 2. The van der Waals surface area contributed by atoms with E-state index in [0.717, 1.165) is 23.9 Å². The maximum Gasteiger partial charge on any atom is 0.137 e. The Balaban J connectivity index is 1.61. The Morgan fingerprint density at radius 3 is 2.37 bits per heavy atom. The van der Waals surface area contributed by atoms with Gasteiger partial charge in [-0.3, -0.25) is 0 Å². The van der Waals surface area contributed by atoms with Crippen LogP contribution >= 0.6 is 0 Å². The summed E-state index contributed by atoms with van der Waals surface area (Å²) >= 11 is 0. The highest BCUT2D eigenvalue weighted by atomic mass is 15.2. The number of rotatable bonds is 6. The van der Waals surface area contributed by atoms with E-state index in [-0.39, 0.29) is 0 Å². The first-order chi connectivity index (χ1) is 13.1. The number of nitrogens with one attached hydrogen (secondary N) is 1. The number of anilines is 1. The van der Waals surface area contributed by atoms with Gasteiger partial charge in [-0.25, -0.2) is 9.97 Å². The first-order valence-electron chi connectivity index (χ1n) is 11.1. The van der Waals surface area contributed by atoms with Crippen LogP contribution in [0.3, 0.4) is 0 Å². The molecule has 2 fully saturated rings. The molecule has 3 rings (SSSR count). The van der Waals surface area contributed by atoms with Crippen molar-refractivity contribution in [1.29, 1.82) is 0 Å². The van der Waals surface area contributed by atoms with Crippen LogP contribution in [0.5, 0.6) is 0 Å². The molecule has 1 aromatic rings. The average Bonchev–Trinajstić information content (AvgIpc) is 2.69. The van der Waals surface area contributed by atoms with Crippen molar-refractivity contribution in [2.75, 3.05) is 25.0 Å². The Hall–Kier alpha value is -1.42. The molecule has 1 saturated heterocycles. The lowest BCUT2D eigenvalue weighted by molar-refractivity contribution is 0.168. The number of piperidine rings is 1. The van der Waals surface area contributed by atoms with Crippen LogP contribution in [0.2, 0.25) is 0 Å². The summed E-state index contributed by atoms with van der Waals surface area (Å²) in [5, 5.41) is 3.77. The van der Waals surface area contributed by atoms with Crippen molar-refractivity contribution < 1.29 is 0 Å². The Morgan fingerprint density at radius 2 is 1.74 bits per heavy atom.